The average Bonchev–Trinajstić information content (AvgIpc) is 3.13. The number of hydrogen-bond donors (Lipinski definition) is 1. The minimum Gasteiger partial charge on any atom is -0.495 e. The van der Waals surface area contributed by atoms with Crippen LogP contribution in [0.2, 0.25) is 0 Å². The summed E-state index contributed by atoms with van der Waals surface area (Å²) in [7, 11) is 1.72. The van der Waals surface area contributed by atoms with E-state index in [4.69, 9.17) is 9.26 Å². The summed E-state index contributed by atoms with van der Waals surface area (Å²) in [5.74, 6) is 1.85. The van der Waals surface area contributed by atoms with Gasteiger partial charge in [0.2, 0.25) is 0 Å². The van der Waals surface area contributed by atoms with Gasteiger partial charge in [-0.3, -0.25) is 0 Å². The average molecular weight is 301 g/mol. The third kappa shape index (κ3) is 2.95. The van der Waals surface area contributed by atoms with E-state index in [0.29, 0.717) is 6.04 Å². The lowest BCUT2D eigenvalue weighted by Crippen LogP contribution is -2.32. The number of methoxy groups -OCH3 is 1. The normalized spacial score (nSPS) is 18.0. The molecule has 5 heteroatoms. The van der Waals surface area contributed by atoms with E-state index in [1.165, 1.54) is 11.3 Å². The summed E-state index contributed by atoms with van der Waals surface area (Å²) < 4.78 is 10.7. The summed E-state index contributed by atoms with van der Waals surface area (Å²) in [6, 6.07) is 8.67. The zero-order valence-corrected chi connectivity index (χ0v) is 13.4. The summed E-state index contributed by atoms with van der Waals surface area (Å²) in [6.45, 7) is 6.80. The third-order valence-corrected chi connectivity index (χ3v) is 4.36. The van der Waals surface area contributed by atoms with Crippen LogP contribution < -0.4 is 15.0 Å². The molecule has 1 aliphatic rings. The molecule has 0 amide bonds. The number of nitrogens with zero attached hydrogens (tertiary/aromatic N) is 2. The molecular formula is C17H23N3O2. The molecule has 3 rings (SSSR count). The number of para-hydroxylation sites is 2. The molecule has 0 spiro atoms. The minimum absolute atomic E-state index is 0.471. The van der Waals surface area contributed by atoms with Crippen molar-refractivity contribution >= 4 is 5.69 Å². The lowest BCUT2D eigenvalue weighted by atomic mass is 10.2. The largest absolute Gasteiger partial charge is 0.495 e. The molecule has 0 saturated carbocycles. The van der Waals surface area contributed by atoms with Crippen molar-refractivity contribution in [2.75, 3.05) is 25.1 Å². The molecule has 1 fully saturated rings. The summed E-state index contributed by atoms with van der Waals surface area (Å²) in [6.07, 6.45) is 1.13. The van der Waals surface area contributed by atoms with Gasteiger partial charge >= 0.3 is 0 Å². The van der Waals surface area contributed by atoms with Crippen LogP contribution in [0.15, 0.2) is 28.8 Å². The third-order valence-electron chi connectivity index (χ3n) is 4.36. The highest BCUT2D eigenvalue weighted by atomic mass is 16.5. The van der Waals surface area contributed by atoms with Crippen LogP contribution in [0.5, 0.6) is 5.75 Å². The van der Waals surface area contributed by atoms with Gasteiger partial charge in [0, 0.05) is 31.2 Å². The van der Waals surface area contributed by atoms with Gasteiger partial charge in [0.15, 0.2) is 0 Å². The van der Waals surface area contributed by atoms with Gasteiger partial charge in [-0.1, -0.05) is 17.3 Å². The molecule has 118 valence electrons. The molecule has 0 unspecified atom stereocenters. The number of ether oxygens (including phenoxy) is 1. The smallest absolute Gasteiger partial charge is 0.142 e. The Morgan fingerprint density at radius 3 is 2.91 bits per heavy atom. The van der Waals surface area contributed by atoms with Gasteiger partial charge in [-0.15, -0.1) is 0 Å². The first-order chi connectivity index (χ1) is 10.7. The van der Waals surface area contributed by atoms with E-state index >= 15 is 0 Å². The number of nitrogens with one attached hydrogen (secondary N) is 1. The lowest BCUT2D eigenvalue weighted by molar-refractivity contribution is 0.391. The molecule has 1 N–H and O–H groups in total. The second kappa shape index (κ2) is 6.40. The summed E-state index contributed by atoms with van der Waals surface area (Å²) in [5, 5.41) is 7.63. The van der Waals surface area contributed by atoms with E-state index in [1.807, 2.05) is 26.0 Å². The molecule has 2 aromatic rings. The second-order valence-electron chi connectivity index (χ2n) is 5.79. The Hall–Kier alpha value is -2.01. The quantitative estimate of drug-likeness (QED) is 0.920. The standard InChI is InChI=1S/C17H23N3O2/c1-12-15(13(2)22-19-12)10-18-14-8-9-20(11-14)16-6-4-5-7-17(16)21-3/h4-7,14,18H,8-11H2,1-3H3/t14-/m0/s1. The monoisotopic (exact) mass is 301 g/mol. The van der Waals surface area contributed by atoms with Gasteiger partial charge < -0.3 is 19.5 Å². The Bertz CT molecular complexity index is 619. The van der Waals surface area contributed by atoms with Gasteiger partial charge in [0.05, 0.1) is 18.5 Å². The van der Waals surface area contributed by atoms with Crippen LogP contribution in [0.4, 0.5) is 5.69 Å². The molecule has 1 atom stereocenters. The van der Waals surface area contributed by atoms with E-state index in [2.05, 4.69) is 27.5 Å². The van der Waals surface area contributed by atoms with Gasteiger partial charge in [-0.2, -0.15) is 0 Å². The van der Waals surface area contributed by atoms with Crippen molar-refractivity contribution in [2.24, 2.45) is 0 Å². The van der Waals surface area contributed by atoms with Crippen LogP contribution in [-0.2, 0) is 6.54 Å². The molecule has 5 nitrogen and oxygen atoms in total. The molecule has 0 radical (unpaired) electrons. The molecule has 1 saturated heterocycles. The van der Waals surface area contributed by atoms with Crippen LogP contribution in [0.3, 0.4) is 0 Å². The Kier molecular flexibility index (Phi) is 4.34. The first-order valence-electron chi connectivity index (χ1n) is 7.72. The fourth-order valence-corrected chi connectivity index (χ4v) is 3.04. The zero-order chi connectivity index (χ0) is 15.5. The first-order valence-corrected chi connectivity index (χ1v) is 7.72. The van der Waals surface area contributed by atoms with E-state index in [-0.39, 0.29) is 0 Å². The van der Waals surface area contributed by atoms with Crippen molar-refractivity contribution < 1.29 is 9.26 Å². The lowest BCUT2D eigenvalue weighted by Gasteiger charge is -2.21. The Morgan fingerprint density at radius 2 is 2.18 bits per heavy atom. The van der Waals surface area contributed by atoms with Crippen molar-refractivity contribution in [2.45, 2.75) is 32.9 Å². The Balaban J connectivity index is 1.61. The Morgan fingerprint density at radius 1 is 1.36 bits per heavy atom. The predicted molar refractivity (Wildman–Crippen MR) is 86.4 cm³/mol. The van der Waals surface area contributed by atoms with Crippen LogP contribution in [0.25, 0.3) is 0 Å². The van der Waals surface area contributed by atoms with Crippen molar-refractivity contribution in [1.82, 2.24) is 10.5 Å². The molecule has 1 aromatic carbocycles. The highest BCUT2D eigenvalue weighted by molar-refractivity contribution is 5.59. The number of benzene rings is 1. The second-order valence-corrected chi connectivity index (χ2v) is 5.79. The fourth-order valence-electron chi connectivity index (χ4n) is 3.04. The molecule has 0 bridgehead atoms. The van der Waals surface area contributed by atoms with Gasteiger partial charge in [0.1, 0.15) is 11.5 Å². The minimum atomic E-state index is 0.471. The topological polar surface area (TPSA) is 50.5 Å². The van der Waals surface area contributed by atoms with Crippen LogP contribution in [-0.4, -0.2) is 31.4 Å². The van der Waals surface area contributed by atoms with Crippen LogP contribution >= 0.6 is 0 Å². The van der Waals surface area contributed by atoms with E-state index in [1.54, 1.807) is 7.11 Å². The maximum Gasteiger partial charge on any atom is 0.142 e. The van der Waals surface area contributed by atoms with Crippen molar-refractivity contribution in [3.05, 3.63) is 41.3 Å². The summed E-state index contributed by atoms with van der Waals surface area (Å²) in [5.41, 5.74) is 3.33. The maximum atomic E-state index is 5.46. The SMILES string of the molecule is COc1ccccc1N1CC[C@H](NCc2c(C)noc2C)C1. The molecular weight excluding hydrogens is 278 g/mol. The molecule has 1 aromatic heterocycles. The van der Waals surface area contributed by atoms with Gasteiger partial charge in [-0.05, 0) is 32.4 Å². The van der Waals surface area contributed by atoms with Gasteiger partial charge in [0.25, 0.3) is 0 Å². The van der Waals surface area contributed by atoms with E-state index in [9.17, 15) is 0 Å². The number of aromatic nitrogens is 1. The number of rotatable bonds is 5. The van der Waals surface area contributed by atoms with Crippen molar-refractivity contribution in [3.8, 4) is 5.75 Å². The predicted octanol–water partition coefficient (Wildman–Crippen LogP) is 2.67. The molecule has 0 aliphatic carbocycles. The molecule has 2 heterocycles. The first kappa shape index (κ1) is 14.9. The molecule has 22 heavy (non-hydrogen) atoms. The maximum absolute atomic E-state index is 5.46. The van der Waals surface area contributed by atoms with Crippen LogP contribution in [0, 0.1) is 13.8 Å². The summed E-state index contributed by atoms with van der Waals surface area (Å²) >= 11 is 0. The zero-order valence-electron chi connectivity index (χ0n) is 13.4. The van der Waals surface area contributed by atoms with E-state index in [0.717, 1.165) is 43.3 Å². The summed E-state index contributed by atoms with van der Waals surface area (Å²) in [4.78, 5) is 2.38. The van der Waals surface area contributed by atoms with Crippen LogP contribution in [0.1, 0.15) is 23.4 Å². The van der Waals surface area contributed by atoms with Crippen molar-refractivity contribution in [3.63, 3.8) is 0 Å². The molecule has 1 aliphatic heterocycles. The highest BCUT2D eigenvalue weighted by Crippen LogP contribution is 2.30. The fraction of sp³-hybridized carbons (Fsp3) is 0.471. The highest BCUT2D eigenvalue weighted by Gasteiger charge is 2.24. The van der Waals surface area contributed by atoms with Crippen molar-refractivity contribution in [1.29, 1.82) is 0 Å². The number of hydrogen-bond acceptors (Lipinski definition) is 5. The number of anilines is 1. The van der Waals surface area contributed by atoms with Gasteiger partial charge in [-0.25, -0.2) is 0 Å². The number of aryl methyl sites for hydroxylation is 2. The Labute approximate surface area is 131 Å². The van der Waals surface area contributed by atoms with E-state index < -0.39 is 0 Å².